The summed E-state index contributed by atoms with van der Waals surface area (Å²) < 4.78 is 19.2. The second-order valence-electron chi connectivity index (χ2n) is 7.97. The van der Waals surface area contributed by atoms with Gasteiger partial charge < -0.3 is 19.9 Å². The Hall–Kier alpha value is -2.90. The zero-order valence-corrected chi connectivity index (χ0v) is 18.2. The maximum Gasteiger partial charge on any atom is 0.229 e. The lowest BCUT2D eigenvalue weighted by molar-refractivity contribution is 0.312. The molecular weight excluding hydrogens is 417 g/mol. The molecule has 0 amide bonds. The van der Waals surface area contributed by atoms with Crippen molar-refractivity contribution in [2.45, 2.75) is 19.4 Å². The Balaban J connectivity index is 1.48. The molecule has 0 bridgehead atoms. The van der Waals surface area contributed by atoms with Crippen molar-refractivity contribution in [3.63, 3.8) is 0 Å². The first kappa shape index (κ1) is 20.0. The monoisotopic (exact) mass is 439 g/mol. The van der Waals surface area contributed by atoms with E-state index in [4.69, 9.17) is 16.3 Å². The van der Waals surface area contributed by atoms with Gasteiger partial charge in [0.1, 0.15) is 16.6 Å². The average molecular weight is 440 g/mol. The largest absolute Gasteiger partial charge is 0.495 e. The smallest absolute Gasteiger partial charge is 0.229 e. The lowest BCUT2D eigenvalue weighted by atomic mass is 9.99. The number of aromatic nitrogens is 2. The van der Waals surface area contributed by atoms with Crippen molar-refractivity contribution in [3.8, 4) is 5.75 Å². The standard InChI is InChI=1S/C23H23ClFN5O/c1-29-7-5-14-11-21(31-2)19(10-16(14)13-29)27-23-26-12-18(24)22(28-23)30-8-6-15-9-17(25)3-4-20(15)30/h3-4,9-12H,5-8,13H2,1-2H3,(H,26,27,28). The summed E-state index contributed by atoms with van der Waals surface area (Å²) in [6.07, 6.45) is 3.33. The number of benzene rings is 2. The number of likely N-dealkylation sites (N-methyl/N-ethyl adjacent to an activating group) is 1. The number of methoxy groups -OCH3 is 1. The van der Waals surface area contributed by atoms with E-state index >= 15 is 0 Å². The zero-order chi connectivity index (χ0) is 21.5. The molecule has 0 fully saturated rings. The molecule has 8 heteroatoms. The molecule has 6 nitrogen and oxygen atoms in total. The van der Waals surface area contributed by atoms with Gasteiger partial charge in [-0.15, -0.1) is 0 Å². The molecule has 0 radical (unpaired) electrons. The van der Waals surface area contributed by atoms with Gasteiger partial charge in [-0.1, -0.05) is 11.6 Å². The van der Waals surface area contributed by atoms with Crippen LogP contribution in [0.5, 0.6) is 5.75 Å². The summed E-state index contributed by atoms with van der Waals surface area (Å²) in [4.78, 5) is 13.4. The second kappa shape index (κ2) is 7.98. The molecule has 1 aromatic heterocycles. The van der Waals surface area contributed by atoms with Gasteiger partial charge in [-0.3, -0.25) is 0 Å². The lowest BCUT2D eigenvalue weighted by Gasteiger charge is -2.26. The molecule has 1 N–H and O–H groups in total. The number of hydrogen-bond acceptors (Lipinski definition) is 6. The minimum atomic E-state index is -0.234. The van der Waals surface area contributed by atoms with E-state index in [1.165, 1.54) is 17.2 Å². The summed E-state index contributed by atoms with van der Waals surface area (Å²) in [7, 11) is 3.78. The molecule has 0 saturated carbocycles. The summed E-state index contributed by atoms with van der Waals surface area (Å²) in [5.74, 6) is 1.55. The van der Waals surface area contributed by atoms with Crippen LogP contribution in [0.25, 0.3) is 0 Å². The number of fused-ring (bicyclic) bond motifs is 2. The predicted molar refractivity (Wildman–Crippen MR) is 120 cm³/mol. The third-order valence-corrected chi connectivity index (χ3v) is 6.16. The van der Waals surface area contributed by atoms with Crippen molar-refractivity contribution >= 4 is 34.7 Å². The van der Waals surface area contributed by atoms with Crippen LogP contribution in [-0.2, 0) is 19.4 Å². The van der Waals surface area contributed by atoms with Crippen LogP contribution < -0.4 is 15.0 Å². The molecule has 2 aromatic carbocycles. The molecule has 160 valence electrons. The molecule has 0 spiro atoms. The summed E-state index contributed by atoms with van der Waals surface area (Å²) in [6.45, 7) is 2.61. The normalized spacial score (nSPS) is 15.5. The third kappa shape index (κ3) is 3.79. The van der Waals surface area contributed by atoms with E-state index in [2.05, 4.69) is 39.4 Å². The second-order valence-corrected chi connectivity index (χ2v) is 8.38. The minimum Gasteiger partial charge on any atom is -0.495 e. The summed E-state index contributed by atoms with van der Waals surface area (Å²) >= 11 is 6.45. The van der Waals surface area contributed by atoms with Crippen LogP contribution in [0.4, 0.5) is 27.5 Å². The fourth-order valence-corrected chi connectivity index (χ4v) is 4.51. The van der Waals surface area contributed by atoms with E-state index in [0.29, 0.717) is 23.3 Å². The average Bonchev–Trinajstić information content (AvgIpc) is 3.17. The molecule has 0 saturated heterocycles. The van der Waals surface area contributed by atoms with E-state index in [1.54, 1.807) is 25.4 Å². The molecule has 3 heterocycles. The number of nitrogens with zero attached hydrogens (tertiary/aromatic N) is 4. The number of hydrogen-bond donors (Lipinski definition) is 1. The van der Waals surface area contributed by atoms with Crippen molar-refractivity contribution in [1.29, 1.82) is 0 Å². The highest BCUT2D eigenvalue weighted by molar-refractivity contribution is 6.33. The van der Waals surface area contributed by atoms with E-state index in [9.17, 15) is 4.39 Å². The molecule has 0 aliphatic carbocycles. The fraction of sp³-hybridized carbons (Fsp3) is 0.304. The summed E-state index contributed by atoms with van der Waals surface area (Å²) in [6, 6.07) is 8.99. The number of ether oxygens (including phenoxy) is 1. The molecular formula is C23H23ClFN5O. The van der Waals surface area contributed by atoms with Crippen molar-refractivity contribution < 1.29 is 9.13 Å². The van der Waals surface area contributed by atoms with Gasteiger partial charge in [-0.2, -0.15) is 4.98 Å². The lowest BCUT2D eigenvalue weighted by Crippen LogP contribution is -2.26. The molecule has 3 aromatic rings. The Morgan fingerprint density at radius 1 is 1.10 bits per heavy atom. The van der Waals surface area contributed by atoms with Crippen molar-refractivity contribution in [1.82, 2.24) is 14.9 Å². The first-order chi connectivity index (χ1) is 15.0. The maximum absolute atomic E-state index is 13.6. The Morgan fingerprint density at radius 2 is 1.94 bits per heavy atom. The topological polar surface area (TPSA) is 53.5 Å². The van der Waals surface area contributed by atoms with Gasteiger partial charge in [0.2, 0.25) is 5.95 Å². The van der Waals surface area contributed by atoms with Crippen molar-refractivity contribution in [2.75, 3.05) is 37.5 Å². The molecule has 2 aliphatic rings. The quantitative estimate of drug-likeness (QED) is 0.635. The summed E-state index contributed by atoms with van der Waals surface area (Å²) in [5.41, 5.74) is 5.25. The Morgan fingerprint density at radius 3 is 2.77 bits per heavy atom. The van der Waals surface area contributed by atoms with Crippen molar-refractivity contribution in [3.05, 3.63) is 64.1 Å². The van der Waals surface area contributed by atoms with Gasteiger partial charge in [-0.25, -0.2) is 9.37 Å². The predicted octanol–water partition coefficient (Wildman–Crippen LogP) is 4.70. The minimum absolute atomic E-state index is 0.234. The number of halogens is 2. The molecule has 0 unspecified atom stereocenters. The van der Waals surface area contributed by atoms with E-state index in [-0.39, 0.29) is 5.82 Å². The van der Waals surface area contributed by atoms with Crippen LogP contribution in [0.3, 0.4) is 0 Å². The van der Waals surface area contributed by atoms with Crippen LogP contribution >= 0.6 is 11.6 Å². The highest BCUT2D eigenvalue weighted by atomic mass is 35.5. The van der Waals surface area contributed by atoms with Crippen LogP contribution in [-0.4, -0.2) is 42.1 Å². The number of anilines is 4. The van der Waals surface area contributed by atoms with Gasteiger partial charge in [0.05, 0.1) is 19.0 Å². The summed E-state index contributed by atoms with van der Waals surface area (Å²) in [5, 5.41) is 3.75. The Bertz CT molecular complexity index is 1160. The molecule has 5 rings (SSSR count). The third-order valence-electron chi connectivity index (χ3n) is 5.89. The zero-order valence-electron chi connectivity index (χ0n) is 17.5. The molecule has 2 aliphatic heterocycles. The van der Waals surface area contributed by atoms with Crippen molar-refractivity contribution in [2.24, 2.45) is 0 Å². The molecule has 31 heavy (non-hydrogen) atoms. The first-order valence-electron chi connectivity index (χ1n) is 10.3. The number of nitrogens with one attached hydrogen (secondary N) is 1. The maximum atomic E-state index is 13.6. The highest BCUT2D eigenvalue weighted by Crippen LogP contribution is 2.38. The van der Waals surface area contributed by atoms with Gasteiger partial charge in [-0.05, 0) is 66.9 Å². The molecule has 0 atom stereocenters. The van der Waals surface area contributed by atoms with E-state index in [0.717, 1.165) is 48.6 Å². The van der Waals surface area contributed by atoms with Crippen LogP contribution in [0.15, 0.2) is 36.5 Å². The Kier molecular flexibility index (Phi) is 5.16. The van der Waals surface area contributed by atoms with E-state index < -0.39 is 0 Å². The van der Waals surface area contributed by atoms with Crippen LogP contribution in [0.2, 0.25) is 5.02 Å². The van der Waals surface area contributed by atoms with Gasteiger partial charge in [0, 0.05) is 25.3 Å². The van der Waals surface area contributed by atoms with Crippen LogP contribution in [0.1, 0.15) is 16.7 Å². The fourth-order valence-electron chi connectivity index (χ4n) is 4.31. The van der Waals surface area contributed by atoms with Gasteiger partial charge >= 0.3 is 0 Å². The Labute approximate surface area is 185 Å². The highest BCUT2D eigenvalue weighted by Gasteiger charge is 2.25. The van der Waals surface area contributed by atoms with Gasteiger partial charge in [0.25, 0.3) is 0 Å². The first-order valence-corrected chi connectivity index (χ1v) is 10.6. The van der Waals surface area contributed by atoms with Crippen LogP contribution in [0, 0.1) is 5.82 Å². The SMILES string of the molecule is COc1cc2c(cc1Nc1ncc(Cl)c(N3CCc4cc(F)ccc43)n1)CN(C)CC2. The number of rotatable bonds is 4. The van der Waals surface area contributed by atoms with Gasteiger partial charge in [0.15, 0.2) is 5.82 Å². The van der Waals surface area contributed by atoms with E-state index in [1.807, 2.05) is 4.90 Å².